The van der Waals surface area contributed by atoms with Crippen molar-refractivity contribution in [3.05, 3.63) is 60.2 Å². The summed E-state index contributed by atoms with van der Waals surface area (Å²) in [7, 11) is 0. The van der Waals surface area contributed by atoms with Gasteiger partial charge in [-0.05, 0) is 25.3 Å². The summed E-state index contributed by atoms with van der Waals surface area (Å²) >= 11 is 0. The fourth-order valence-corrected chi connectivity index (χ4v) is 1.39. The first kappa shape index (κ1) is 12.7. The van der Waals surface area contributed by atoms with Gasteiger partial charge < -0.3 is 5.11 Å². The molecule has 0 bridgehead atoms. The van der Waals surface area contributed by atoms with Crippen molar-refractivity contribution in [1.29, 1.82) is 0 Å². The van der Waals surface area contributed by atoms with Gasteiger partial charge in [0.05, 0.1) is 5.60 Å². The van der Waals surface area contributed by atoms with Gasteiger partial charge in [0.25, 0.3) is 0 Å². The Morgan fingerprint density at radius 2 is 1.88 bits per heavy atom. The first-order valence-electron chi connectivity index (χ1n) is 5.56. The van der Waals surface area contributed by atoms with Crippen LogP contribution in [0, 0.1) is 6.92 Å². The lowest BCUT2D eigenvalue weighted by atomic mass is 9.97. The first-order valence-corrected chi connectivity index (χ1v) is 5.56. The number of aryl methyl sites for hydroxylation is 1. The molecule has 86 valence electrons. The molecule has 0 heterocycles. The van der Waals surface area contributed by atoms with Crippen molar-refractivity contribution in [3.8, 4) is 0 Å². The van der Waals surface area contributed by atoms with E-state index in [1.807, 2.05) is 6.08 Å². The summed E-state index contributed by atoms with van der Waals surface area (Å²) in [5.41, 5.74) is 1.60. The largest absolute Gasteiger partial charge is 0.382 e. The number of benzene rings is 1. The Hall–Kier alpha value is -1.34. The van der Waals surface area contributed by atoms with E-state index in [1.54, 1.807) is 13.0 Å². The van der Waals surface area contributed by atoms with Crippen LogP contribution in [0.4, 0.5) is 0 Å². The highest BCUT2D eigenvalue weighted by Gasteiger charge is 2.10. The Balaban J connectivity index is 2.76. The van der Waals surface area contributed by atoms with E-state index in [-0.39, 0.29) is 0 Å². The third-order valence-electron chi connectivity index (χ3n) is 2.74. The van der Waals surface area contributed by atoms with Crippen molar-refractivity contribution in [1.82, 2.24) is 0 Å². The summed E-state index contributed by atoms with van der Waals surface area (Å²) in [5, 5.41) is 9.76. The van der Waals surface area contributed by atoms with Gasteiger partial charge >= 0.3 is 0 Å². The van der Waals surface area contributed by atoms with Crippen molar-refractivity contribution in [2.24, 2.45) is 0 Å². The quantitative estimate of drug-likeness (QED) is 0.762. The maximum atomic E-state index is 9.76. The number of allylic oxidation sites excluding steroid dienone is 1. The Morgan fingerprint density at radius 1 is 1.31 bits per heavy atom. The zero-order valence-electron chi connectivity index (χ0n) is 10.3. The SMILES string of the molecule is C=CC(C)(O)/C=C/C(C)c1ccc(C)cc1. The molecule has 1 heteroatoms. The van der Waals surface area contributed by atoms with Crippen LogP contribution in [-0.2, 0) is 0 Å². The highest BCUT2D eigenvalue weighted by atomic mass is 16.3. The molecule has 2 atom stereocenters. The van der Waals surface area contributed by atoms with Gasteiger partial charge in [-0.25, -0.2) is 0 Å². The third kappa shape index (κ3) is 3.67. The molecule has 1 N–H and O–H groups in total. The van der Waals surface area contributed by atoms with E-state index in [0.717, 1.165) is 0 Å². The van der Waals surface area contributed by atoms with Crippen LogP contribution in [0.15, 0.2) is 49.1 Å². The molecule has 1 aromatic carbocycles. The van der Waals surface area contributed by atoms with Crippen molar-refractivity contribution in [2.75, 3.05) is 0 Å². The van der Waals surface area contributed by atoms with Crippen LogP contribution in [0.5, 0.6) is 0 Å². The molecule has 0 saturated heterocycles. The van der Waals surface area contributed by atoms with Crippen molar-refractivity contribution >= 4 is 0 Å². The fourth-order valence-electron chi connectivity index (χ4n) is 1.39. The topological polar surface area (TPSA) is 20.2 Å². The van der Waals surface area contributed by atoms with Gasteiger partial charge in [0.1, 0.15) is 0 Å². The van der Waals surface area contributed by atoms with Crippen molar-refractivity contribution in [3.63, 3.8) is 0 Å². The lowest BCUT2D eigenvalue weighted by Gasteiger charge is -2.14. The van der Waals surface area contributed by atoms with Crippen molar-refractivity contribution < 1.29 is 5.11 Å². The van der Waals surface area contributed by atoms with Crippen LogP contribution >= 0.6 is 0 Å². The molecule has 2 unspecified atom stereocenters. The molecule has 0 radical (unpaired) electrons. The fraction of sp³-hybridized carbons (Fsp3) is 0.333. The van der Waals surface area contributed by atoms with E-state index < -0.39 is 5.60 Å². The van der Waals surface area contributed by atoms with Crippen LogP contribution in [-0.4, -0.2) is 10.7 Å². The molecule has 0 fully saturated rings. The molecule has 0 aliphatic rings. The van der Waals surface area contributed by atoms with Gasteiger partial charge in [-0.2, -0.15) is 0 Å². The molecule has 0 amide bonds. The summed E-state index contributed by atoms with van der Waals surface area (Å²) in [6.45, 7) is 9.50. The van der Waals surface area contributed by atoms with E-state index in [4.69, 9.17) is 0 Å². The minimum Gasteiger partial charge on any atom is -0.382 e. The minimum atomic E-state index is -0.918. The molecule has 0 aliphatic heterocycles. The summed E-state index contributed by atoms with van der Waals surface area (Å²) in [4.78, 5) is 0. The second kappa shape index (κ2) is 5.13. The molecular formula is C15H20O. The van der Waals surface area contributed by atoms with E-state index in [0.29, 0.717) is 5.92 Å². The monoisotopic (exact) mass is 216 g/mol. The predicted molar refractivity (Wildman–Crippen MR) is 69.6 cm³/mol. The van der Waals surface area contributed by atoms with Crippen LogP contribution in [0.3, 0.4) is 0 Å². The molecular weight excluding hydrogens is 196 g/mol. The number of aliphatic hydroxyl groups is 1. The Morgan fingerprint density at radius 3 is 2.38 bits per heavy atom. The molecule has 0 aliphatic carbocycles. The second-order valence-electron chi connectivity index (χ2n) is 4.49. The lowest BCUT2D eigenvalue weighted by Crippen LogP contribution is -2.16. The van der Waals surface area contributed by atoms with E-state index in [1.165, 1.54) is 17.2 Å². The zero-order chi connectivity index (χ0) is 12.2. The average Bonchev–Trinajstić information content (AvgIpc) is 2.27. The summed E-state index contributed by atoms with van der Waals surface area (Å²) in [5.74, 6) is 0.298. The van der Waals surface area contributed by atoms with Gasteiger partial charge in [-0.15, -0.1) is 0 Å². The van der Waals surface area contributed by atoms with Crippen LogP contribution in [0.2, 0.25) is 0 Å². The minimum absolute atomic E-state index is 0.298. The number of rotatable bonds is 4. The van der Waals surface area contributed by atoms with Gasteiger partial charge in [0.15, 0.2) is 0 Å². The highest BCUT2D eigenvalue weighted by molar-refractivity contribution is 5.27. The standard InChI is InChI=1S/C15H20O/c1-5-15(4,16)11-10-13(3)14-8-6-12(2)7-9-14/h5-11,13,16H,1H2,2-4H3/b11-10+. The smallest absolute Gasteiger partial charge is 0.0978 e. The van der Waals surface area contributed by atoms with E-state index in [2.05, 4.69) is 44.7 Å². The highest BCUT2D eigenvalue weighted by Crippen LogP contribution is 2.19. The van der Waals surface area contributed by atoms with Crippen LogP contribution in [0.1, 0.15) is 30.9 Å². The van der Waals surface area contributed by atoms with E-state index in [9.17, 15) is 5.11 Å². The van der Waals surface area contributed by atoms with Gasteiger partial charge in [0, 0.05) is 0 Å². The lowest BCUT2D eigenvalue weighted by molar-refractivity contribution is 0.164. The molecule has 0 spiro atoms. The normalized spacial score (nSPS) is 17.0. The molecule has 1 aromatic rings. The molecule has 16 heavy (non-hydrogen) atoms. The summed E-state index contributed by atoms with van der Waals surface area (Å²) < 4.78 is 0. The third-order valence-corrected chi connectivity index (χ3v) is 2.74. The second-order valence-corrected chi connectivity index (χ2v) is 4.49. The number of hydrogen-bond acceptors (Lipinski definition) is 1. The maximum absolute atomic E-state index is 9.76. The van der Waals surface area contributed by atoms with Crippen LogP contribution in [0.25, 0.3) is 0 Å². The molecule has 1 nitrogen and oxygen atoms in total. The van der Waals surface area contributed by atoms with Gasteiger partial charge in [-0.3, -0.25) is 0 Å². The first-order chi connectivity index (χ1) is 7.44. The summed E-state index contributed by atoms with van der Waals surface area (Å²) in [6.07, 6.45) is 5.32. The zero-order valence-corrected chi connectivity index (χ0v) is 10.3. The molecule has 1 rings (SSSR count). The van der Waals surface area contributed by atoms with E-state index >= 15 is 0 Å². The summed E-state index contributed by atoms with van der Waals surface area (Å²) in [6, 6.07) is 8.44. The number of hydrogen-bond donors (Lipinski definition) is 1. The predicted octanol–water partition coefficient (Wildman–Crippen LogP) is 3.59. The van der Waals surface area contributed by atoms with Crippen LogP contribution < -0.4 is 0 Å². The molecule has 0 aromatic heterocycles. The van der Waals surface area contributed by atoms with Gasteiger partial charge in [-0.1, -0.05) is 61.6 Å². The average molecular weight is 216 g/mol. The van der Waals surface area contributed by atoms with Gasteiger partial charge in [0.2, 0.25) is 0 Å². The van der Waals surface area contributed by atoms with Crippen molar-refractivity contribution in [2.45, 2.75) is 32.3 Å². The Kier molecular flexibility index (Phi) is 4.08. The Bertz CT molecular complexity index is 371. The Labute approximate surface area is 98.1 Å². The molecule has 0 saturated carbocycles. The maximum Gasteiger partial charge on any atom is 0.0978 e.